The Morgan fingerprint density at radius 3 is 2.48 bits per heavy atom. The van der Waals surface area contributed by atoms with E-state index in [1.54, 1.807) is 12.4 Å². The van der Waals surface area contributed by atoms with Crippen LogP contribution in [0, 0.1) is 0 Å². The van der Waals surface area contributed by atoms with Gasteiger partial charge in [-0.05, 0) is 48.7 Å². The smallest absolute Gasteiger partial charge is 0.420 e. The molecule has 0 bridgehead atoms. The second-order valence-electron chi connectivity index (χ2n) is 4.56. The fourth-order valence-electron chi connectivity index (χ4n) is 1.90. The Bertz CT molecular complexity index is 585. The molecule has 0 aliphatic heterocycles. The third kappa shape index (κ3) is 4.37. The monoisotopic (exact) mass is 296 g/mol. The second-order valence-corrected chi connectivity index (χ2v) is 4.56. The Balaban J connectivity index is 1.94. The molecule has 0 fully saturated rings. The van der Waals surface area contributed by atoms with Crippen molar-refractivity contribution in [3.8, 4) is 5.75 Å². The van der Waals surface area contributed by atoms with Crippen LogP contribution in [0.2, 0.25) is 0 Å². The lowest BCUT2D eigenvalue weighted by Gasteiger charge is -2.14. The van der Waals surface area contributed by atoms with Crippen molar-refractivity contribution in [2.75, 3.05) is 12.3 Å². The van der Waals surface area contributed by atoms with Crippen LogP contribution in [-0.2, 0) is 12.6 Å². The lowest BCUT2D eigenvalue weighted by atomic mass is 10.1. The van der Waals surface area contributed by atoms with Gasteiger partial charge in [-0.2, -0.15) is 13.2 Å². The van der Waals surface area contributed by atoms with E-state index in [0.29, 0.717) is 6.42 Å². The van der Waals surface area contributed by atoms with Crippen molar-refractivity contribution in [3.05, 3.63) is 53.9 Å². The van der Waals surface area contributed by atoms with Crippen molar-refractivity contribution >= 4 is 5.69 Å². The van der Waals surface area contributed by atoms with Crippen LogP contribution in [0.25, 0.3) is 0 Å². The van der Waals surface area contributed by atoms with Gasteiger partial charge in [0.2, 0.25) is 0 Å². The quantitative estimate of drug-likeness (QED) is 0.676. The molecule has 0 spiro atoms. The maximum atomic E-state index is 12.9. The number of nitrogens with zero attached hydrogens (tertiary/aromatic N) is 1. The number of anilines is 1. The second kappa shape index (κ2) is 6.47. The van der Waals surface area contributed by atoms with Crippen LogP contribution in [-0.4, -0.2) is 11.6 Å². The standard InChI is InChI=1S/C15H15F3N2O/c16-15(17,18)13-10-12(19)3-4-14(13)21-9-1-2-11-5-7-20-8-6-11/h3-8,10H,1-2,9,19H2. The van der Waals surface area contributed by atoms with Crippen molar-refractivity contribution < 1.29 is 17.9 Å². The minimum Gasteiger partial charge on any atom is -0.493 e. The molecular weight excluding hydrogens is 281 g/mol. The highest BCUT2D eigenvalue weighted by Crippen LogP contribution is 2.37. The number of nitrogen functional groups attached to an aromatic ring is 1. The van der Waals surface area contributed by atoms with Crippen LogP contribution in [0.3, 0.4) is 0 Å². The normalized spacial score (nSPS) is 11.4. The summed E-state index contributed by atoms with van der Waals surface area (Å²) in [5, 5.41) is 0. The predicted octanol–water partition coefficient (Wildman–Crippen LogP) is 3.69. The Morgan fingerprint density at radius 1 is 1.10 bits per heavy atom. The average Bonchev–Trinajstić information content (AvgIpc) is 2.45. The summed E-state index contributed by atoms with van der Waals surface area (Å²) in [7, 11) is 0. The molecule has 1 heterocycles. The van der Waals surface area contributed by atoms with Gasteiger partial charge in [-0.25, -0.2) is 0 Å². The van der Waals surface area contributed by atoms with Crippen molar-refractivity contribution in [2.45, 2.75) is 19.0 Å². The highest BCUT2D eigenvalue weighted by atomic mass is 19.4. The van der Waals surface area contributed by atoms with E-state index in [2.05, 4.69) is 4.98 Å². The van der Waals surface area contributed by atoms with Gasteiger partial charge in [0.1, 0.15) is 5.75 Å². The summed E-state index contributed by atoms with van der Waals surface area (Å²) in [4.78, 5) is 3.90. The molecule has 3 nitrogen and oxygen atoms in total. The lowest BCUT2D eigenvalue weighted by molar-refractivity contribution is -0.138. The molecule has 0 saturated heterocycles. The van der Waals surface area contributed by atoms with Gasteiger partial charge in [-0.1, -0.05) is 0 Å². The number of hydrogen-bond acceptors (Lipinski definition) is 3. The molecule has 0 radical (unpaired) electrons. The summed E-state index contributed by atoms with van der Waals surface area (Å²) in [6.45, 7) is 0.204. The maximum Gasteiger partial charge on any atom is 0.420 e. The first-order chi connectivity index (χ1) is 9.97. The molecule has 2 N–H and O–H groups in total. The number of hydrogen-bond donors (Lipinski definition) is 1. The third-order valence-electron chi connectivity index (χ3n) is 2.93. The number of nitrogens with two attached hydrogens (primary N) is 1. The van der Waals surface area contributed by atoms with E-state index in [1.807, 2.05) is 12.1 Å². The minimum absolute atomic E-state index is 0.0615. The molecule has 21 heavy (non-hydrogen) atoms. The molecule has 0 aliphatic carbocycles. The molecule has 2 aromatic rings. The van der Waals surface area contributed by atoms with Crippen molar-refractivity contribution in [3.63, 3.8) is 0 Å². The first-order valence-corrected chi connectivity index (χ1v) is 6.45. The zero-order chi connectivity index (χ0) is 15.3. The van der Waals surface area contributed by atoms with E-state index in [9.17, 15) is 13.2 Å². The summed E-state index contributed by atoms with van der Waals surface area (Å²) in [6, 6.07) is 7.27. The zero-order valence-electron chi connectivity index (χ0n) is 11.2. The SMILES string of the molecule is Nc1ccc(OCCCc2ccncc2)c(C(F)(F)F)c1. The lowest BCUT2D eigenvalue weighted by Crippen LogP contribution is -2.10. The molecule has 0 unspecified atom stereocenters. The summed E-state index contributed by atoms with van der Waals surface area (Å²) in [6.07, 6.45) is 0.218. The summed E-state index contributed by atoms with van der Waals surface area (Å²) in [5.41, 5.74) is 5.69. The molecule has 1 aromatic carbocycles. The molecule has 6 heteroatoms. The number of rotatable bonds is 5. The highest BCUT2D eigenvalue weighted by molar-refractivity contribution is 5.49. The number of pyridine rings is 1. The Hall–Kier alpha value is -2.24. The summed E-state index contributed by atoms with van der Waals surface area (Å²) in [5.74, 6) is -0.188. The van der Waals surface area contributed by atoms with Crippen molar-refractivity contribution in [1.82, 2.24) is 4.98 Å². The van der Waals surface area contributed by atoms with Gasteiger partial charge in [0.15, 0.2) is 0 Å². The van der Waals surface area contributed by atoms with Crippen LogP contribution in [0.5, 0.6) is 5.75 Å². The summed E-state index contributed by atoms with van der Waals surface area (Å²) >= 11 is 0. The van der Waals surface area contributed by atoms with Gasteiger partial charge < -0.3 is 10.5 Å². The van der Waals surface area contributed by atoms with Gasteiger partial charge in [0.05, 0.1) is 12.2 Å². The molecule has 0 amide bonds. The fourth-order valence-corrected chi connectivity index (χ4v) is 1.90. The van der Waals surface area contributed by atoms with E-state index in [0.717, 1.165) is 18.1 Å². The van der Waals surface area contributed by atoms with Crippen LogP contribution >= 0.6 is 0 Å². The number of ether oxygens (including phenoxy) is 1. The molecule has 0 aliphatic rings. The molecule has 0 saturated carbocycles. The van der Waals surface area contributed by atoms with Crippen LogP contribution < -0.4 is 10.5 Å². The van der Waals surface area contributed by atoms with E-state index < -0.39 is 11.7 Å². The number of alkyl halides is 3. The molecule has 0 atom stereocenters. The number of aryl methyl sites for hydroxylation is 1. The van der Waals surface area contributed by atoms with E-state index in [-0.39, 0.29) is 18.0 Å². The third-order valence-corrected chi connectivity index (χ3v) is 2.93. The minimum atomic E-state index is -4.48. The highest BCUT2D eigenvalue weighted by Gasteiger charge is 2.34. The molecule has 2 rings (SSSR count). The van der Waals surface area contributed by atoms with E-state index >= 15 is 0 Å². The van der Waals surface area contributed by atoms with Gasteiger partial charge in [-0.3, -0.25) is 4.98 Å². The van der Waals surface area contributed by atoms with Crippen LogP contribution in [0.4, 0.5) is 18.9 Å². The van der Waals surface area contributed by atoms with Crippen molar-refractivity contribution in [1.29, 1.82) is 0 Å². The zero-order valence-corrected chi connectivity index (χ0v) is 11.2. The number of benzene rings is 1. The van der Waals surface area contributed by atoms with E-state index in [4.69, 9.17) is 10.5 Å². The largest absolute Gasteiger partial charge is 0.493 e. The van der Waals surface area contributed by atoms with Gasteiger partial charge in [0, 0.05) is 18.1 Å². The van der Waals surface area contributed by atoms with Gasteiger partial charge in [-0.15, -0.1) is 0 Å². The van der Waals surface area contributed by atoms with Crippen molar-refractivity contribution in [2.24, 2.45) is 0 Å². The first-order valence-electron chi connectivity index (χ1n) is 6.45. The molecule has 112 valence electrons. The number of halogens is 3. The average molecular weight is 296 g/mol. The van der Waals surface area contributed by atoms with Crippen LogP contribution in [0.1, 0.15) is 17.5 Å². The van der Waals surface area contributed by atoms with Gasteiger partial charge >= 0.3 is 6.18 Å². The van der Waals surface area contributed by atoms with Gasteiger partial charge in [0.25, 0.3) is 0 Å². The fraction of sp³-hybridized carbons (Fsp3) is 0.267. The molecule has 1 aromatic heterocycles. The Morgan fingerprint density at radius 2 is 1.81 bits per heavy atom. The summed E-state index contributed by atoms with van der Waals surface area (Å²) < 4.78 is 43.8. The van der Waals surface area contributed by atoms with E-state index in [1.165, 1.54) is 12.1 Å². The Labute approximate surface area is 120 Å². The topological polar surface area (TPSA) is 48.1 Å². The number of aromatic nitrogens is 1. The maximum absolute atomic E-state index is 12.9. The van der Waals surface area contributed by atoms with Crippen LogP contribution in [0.15, 0.2) is 42.7 Å². The molecular formula is C15H15F3N2O. The Kier molecular flexibility index (Phi) is 4.67. The first kappa shape index (κ1) is 15.2. The predicted molar refractivity (Wildman–Crippen MR) is 73.9 cm³/mol.